The molecule has 34 heavy (non-hydrogen) atoms. The van der Waals surface area contributed by atoms with E-state index in [0.29, 0.717) is 36.2 Å². The van der Waals surface area contributed by atoms with Crippen LogP contribution in [-0.2, 0) is 17.6 Å². The first-order chi connectivity index (χ1) is 16.7. The van der Waals surface area contributed by atoms with Gasteiger partial charge in [0.2, 0.25) is 17.6 Å². The van der Waals surface area contributed by atoms with Crippen molar-refractivity contribution in [2.24, 2.45) is 0 Å². The van der Waals surface area contributed by atoms with Gasteiger partial charge in [-0.3, -0.25) is 9.78 Å². The van der Waals surface area contributed by atoms with Crippen LogP contribution in [0, 0.1) is 0 Å². The fourth-order valence-corrected chi connectivity index (χ4v) is 5.15. The number of fused-ring (bicyclic) bond motifs is 1. The quantitative estimate of drug-likeness (QED) is 0.392. The lowest BCUT2D eigenvalue weighted by Gasteiger charge is -2.37. The van der Waals surface area contributed by atoms with E-state index in [2.05, 4.69) is 21.2 Å². The largest absolute Gasteiger partial charge is 0.493 e. The highest BCUT2D eigenvalue weighted by atomic mass is 32.1. The minimum Gasteiger partial charge on any atom is -0.493 e. The molecular weight excluding hydrogens is 452 g/mol. The molecule has 0 radical (unpaired) electrons. The molecule has 1 aliphatic heterocycles. The zero-order valence-electron chi connectivity index (χ0n) is 18.9. The second kappa shape index (κ2) is 9.64. The Bertz CT molecular complexity index is 1270. The van der Waals surface area contributed by atoms with Crippen LogP contribution in [0.5, 0.6) is 11.5 Å². The average Bonchev–Trinajstić information content (AvgIpc) is 3.59. The van der Waals surface area contributed by atoms with E-state index in [1.807, 2.05) is 40.6 Å². The molecule has 1 unspecified atom stereocenters. The van der Waals surface area contributed by atoms with E-state index >= 15 is 0 Å². The number of amides is 1. The third-order valence-corrected chi connectivity index (χ3v) is 6.89. The van der Waals surface area contributed by atoms with Gasteiger partial charge in [0, 0.05) is 42.2 Å². The van der Waals surface area contributed by atoms with Crippen LogP contribution in [0.4, 0.5) is 0 Å². The van der Waals surface area contributed by atoms with Crippen molar-refractivity contribution in [3.05, 3.63) is 76.1 Å². The van der Waals surface area contributed by atoms with Crippen molar-refractivity contribution < 1.29 is 18.8 Å². The lowest BCUT2D eigenvalue weighted by Crippen LogP contribution is -2.40. The van der Waals surface area contributed by atoms with Gasteiger partial charge in [-0.25, -0.2) is 0 Å². The Hall–Kier alpha value is -3.72. The van der Waals surface area contributed by atoms with Crippen LogP contribution in [0.1, 0.15) is 34.4 Å². The average molecular weight is 477 g/mol. The van der Waals surface area contributed by atoms with Crippen molar-refractivity contribution in [3.8, 4) is 22.9 Å². The molecule has 0 N–H and O–H groups in total. The second-order valence-electron chi connectivity index (χ2n) is 7.91. The summed E-state index contributed by atoms with van der Waals surface area (Å²) in [6, 6.07) is 11.6. The molecule has 1 aliphatic rings. The minimum absolute atomic E-state index is 0.0440. The molecule has 0 spiro atoms. The highest BCUT2D eigenvalue weighted by Gasteiger charge is 2.34. The summed E-state index contributed by atoms with van der Waals surface area (Å²) in [5, 5.41) is 6.07. The Morgan fingerprint density at radius 3 is 2.71 bits per heavy atom. The smallest absolute Gasteiger partial charge is 0.227 e. The molecular formula is C25H24N4O4S. The predicted octanol–water partition coefficient (Wildman–Crippen LogP) is 4.32. The molecule has 5 rings (SSSR count). The zero-order chi connectivity index (χ0) is 23.5. The monoisotopic (exact) mass is 476 g/mol. The first-order valence-electron chi connectivity index (χ1n) is 11.0. The molecule has 1 atom stereocenters. The van der Waals surface area contributed by atoms with Gasteiger partial charge in [0.15, 0.2) is 11.5 Å². The van der Waals surface area contributed by atoms with Crippen molar-refractivity contribution in [1.29, 1.82) is 0 Å². The number of benzene rings is 1. The second-order valence-corrected chi connectivity index (χ2v) is 8.89. The topological polar surface area (TPSA) is 90.6 Å². The first kappa shape index (κ1) is 22.1. The lowest BCUT2D eigenvalue weighted by molar-refractivity contribution is -0.133. The molecule has 3 aromatic heterocycles. The van der Waals surface area contributed by atoms with E-state index in [1.54, 1.807) is 38.0 Å². The van der Waals surface area contributed by atoms with Crippen molar-refractivity contribution >= 4 is 17.2 Å². The highest BCUT2D eigenvalue weighted by molar-refractivity contribution is 7.10. The summed E-state index contributed by atoms with van der Waals surface area (Å²) in [6.07, 6.45) is 4.76. The molecule has 4 heterocycles. The molecule has 8 nitrogen and oxygen atoms in total. The molecule has 0 saturated heterocycles. The Morgan fingerprint density at radius 1 is 1.18 bits per heavy atom. The van der Waals surface area contributed by atoms with Gasteiger partial charge >= 0.3 is 0 Å². The number of aromatic nitrogens is 3. The standard InChI is InChI=1S/C25H24N4O4S/c1-31-19-14-17-9-12-29(24(21-4-3-13-34-21)18(17)15-20(19)32-2)23(30)6-5-22-27-25(28-33-22)16-7-10-26-11-8-16/h3-4,7-8,10-11,13-15,24H,5-6,9,12H2,1-2H3. The number of nitrogens with zero attached hydrogens (tertiary/aromatic N) is 4. The summed E-state index contributed by atoms with van der Waals surface area (Å²) in [5.74, 6) is 2.34. The highest BCUT2D eigenvalue weighted by Crippen LogP contribution is 2.42. The molecule has 0 bridgehead atoms. The van der Waals surface area contributed by atoms with E-state index in [9.17, 15) is 4.79 Å². The van der Waals surface area contributed by atoms with E-state index in [-0.39, 0.29) is 18.4 Å². The molecule has 1 amide bonds. The number of pyridine rings is 1. The number of aryl methyl sites for hydroxylation is 1. The maximum Gasteiger partial charge on any atom is 0.227 e. The maximum atomic E-state index is 13.4. The van der Waals surface area contributed by atoms with Gasteiger partial charge < -0.3 is 18.9 Å². The van der Waals surface area contributed by atoms with Crippen LogP contribution in [0.2, 0.25) is 0 Å². The Balaban J connectivity index is 1.37. The summed E-state index contributed by atoms with van der Waals surface area (Å²) in [4.78, 5) is 24.9. The van der Waals surface area contributed by atoms with Crippen LogP contribution >= 0.6 is 11.3 Å². The lowest BCUT2D eigenvalue weighted by atomic mass is 9.90. The summed E-state index contributed by atoms with van der Waals surface area (Å²) < 4.78 is 16.4. The van der Waals surface area contributed by atoms with Gasteiger partial charge in [-0.05, 0) is 53.3 Å². The van der Waals surface area contributed by atoms with Gasteiger partial charge in [0.25, 0.3) is 0 Å². The maximum absolute atomic E-state index is 13.4. The number of hydrogen-bond donors (Lipinski definition) is 0. The van der Waals surface area contributed by atoms with E-state index in [1.165, 1.54) is 5.56 Å². The zero-order valence-corrected chi connectivity index (χ0v) is 19.7. The van der Waals surface area contributed by atoms with E-state index in [0.717, 1.165) is 22.4 Å². The fourth-order valence-electron chi connectivity index (χ4n) is 4.30. The van der Waals surface area contributed by atoms with Crippen molar-refractivity contribution in [2.75, 3.05) is 20.8 Å². The predicted molar refractivity (Wildman–Crippen MR) is 127 cm³/mol. The fraction of sp³-hybridized carbons (Fsp3) is 0.280. The van der Waals surface area contributed by atoms with Crippen LogP contribution in [0.3, 0.4) is 0 Å². The van der Waals surface area contributed by atoms with Crippen LogP contribution in [-0.4, -0.2) is 46.7 Å². The number of methoxy groups -OCH3 is 2. The first-order valence-corrected chi connectivity index (χ1v) is 11.9. The number of thiophene rings is 1. The molecule has 1 aromatic carbocycles. The summed E-state index contributed by atoms with van der Waals surface area (Å²) >= 11 is 1.64. The molecule has 0 aliphatic carbocycles. The molecule has 4 aromatic rings. The van der Waals surface area contributed by atoms with Crippen molar-refractivity contribution in [3.63, 3.8) is 0 Å². The van der Waals surface area contributed by atoms with Gasteiger partial charge in [0.05, 0.1) is 20.3 Å². The molecule has 0 saturated carbocycles. The van der Waals surface area contributed by atoms with Gasteiger partial charge in [0.1, 0.15) is 0 Å². The summed E-state index contributed by atoms with van der Waals surface area (Å²) in [5.41, 5.74) is 3.06. The van der Waals surface area contributed by atoms with Crippen LogP contribution in [0.25, 0.3) is 11.4 Å². The number of ether oxygens (including phenoxy) is 2. The Labute approximate surface area is 201 Å². The van der Waals surface area contributed by atoms with Gasteiger partial charge in [-0.1, -0.05) is 11.2 Å². The SMILES string of the molecule is COc1cc2c(cc1OC)C(c1cccs1)N(C(=O)CCc1nc(-c3ccncc3)no1)CC2. The van der Waals surface area contributed by atoms with Crippen LogP contribution < -0.4 is 9.47 Å². The molecule has 9 heteroatoms. The number of carbonyl (C=O) groups is 1. The minimum atomic E-state index is -0.175. The molecule has 174 valence electrons. The van der Waals surface area contributed by atoms with Crippen LogP contribution in [0.15, 0.2) is 58.7 Å². The third-order valence-electron chi connectivity index (χ3n) is 5.97. The Kier molecular flexibility index (Phi) is 6.27. The van der Waals surface area contributed by atoms with E-state index in [4.69, 9.17) is 14.0 Å². The number of carbonyl (C=O) groups excluding carboxylic acids is 1. The third kappa shape index (κ3) is 4.26. The summed E-state index contributed by atoms with van der Waals surface area (Å²) in [7, 11) is 3.26. The number of rotatable bonds is 7. The van der Waals surface area contributed by atoms with Gasteiger partial charge in [-0.2, -0.15) is 4.98 Å². The summed E-state index contributed by atoms with van der Waals surface area (Å²) in [6.45, 7) is 0.621. The molecule has 0 fully saturated rings. The van der Waals surface area contributed by atoms with Crippen molar-refractivity contribution in [1.82, 2.24) is 20.0 Å². The van der Waals surface area contributed by atoms with Gasteiger partial charge in [-0.15, -0.1) is 11.3 Å². The Morgan fingerprint density at radius 2 is 1.97 bits per heavy atom. The van der Waals surface area contributed by atoms with Crippen molar-refractivity contribution in [2.45, 2.75) is 25.3 Å². The normalized spacial score (nSPS) is 15.1. The number of hydrogen-bond acceptors (Lipinski definition) is 8. The van der Waals surface area contributed by atoms with E-state index < -0.39 is 0 Å².